The third-order valence-corrected chi connectivity index (χ3v) is 6.92. The molecule has 1 N–H and O–H groups in total. The topological polar surface area (TPSA) is 47.6 Å². The van der Waals surface area contributed by atoms with Crippen LogP contribution in [0.25, 0.3) is 0 Å². The number of carbonyl (C=O) groups is 1. The molecule has 1 aliphatic heterocycles. The van der Waals surface area contributed by atoms with E-state index in [4.69, 9.17) is 21.1 Å². The summed E-state index contributed by atoms with van der Waals surface area (Å²) in [6.07, 6.45) is 7.99. The molecule has 134 valence electrons. The first-order valence-electron chi connectivity index (χ1n) is 9.52. The normalized spacial score (nSPS) is 35.3. The largest absolute Gasteiger partial charge is 0.490 e. The molecule has 0 saturated heterocycles. The van der Waals surface area contributed by atoms with Gasteiger partial charge in [0.25, 0.3) is 0 Å². The summed E-state index contributed by atoms with van der Waals surface area (Å²) < 4.78 is 11.4. The van der Waals surface area contributed by atoms with E-state index in [0.29, 0.717) is 35.4 Å². The molecule has 1 aromatic rings. The molecule has 5 aliphatic rings. The summed E-state index contributed by atoms with van der Waals surface area (Å²) in [5.41, 5.74) is 0.467. The molecule has 0 unspecified atom stereocenters. The average molecular weight is 362 g/mol. The highest BCUT2D eigenvalue weighted by Crippen LogP contribution is 2.60. The monoisotopic (exact) mass is 361 g/mol. The minimum atomic E-state index is -0.178. The van der Waals surface area contributed by atoms with Gasteiger partial charge in [0.2, 0.25) is 5.91 Å². The van der Waals surface area contributed by atoms with E-state index in [9.17, 15) is 4.79 Å². The minimum Gasteiger partial charge on any atom is -0.490 e. The minimum absolute atomic E-state index is 0.156. The van der Waals surface area contributed by atoms with Crippen LogP contribution in [0, 0.1) is 23.2 Å². The van der Waals surface area contributed by atoms with Gasteiger partial charge in [-0.3, -0.25) is 4.79 Å². The lowest BCUT2D eigenvalue weighted by molar-refractivity contribution is -0.140. The predicted octanol–water partition coefficient (Wildman–Crippen LogP) is 4.66. The maximum atomic E-state index is 13.2. The second-order valence-electron chi connectivity index (χ2n) is 8.48. The van der Waals surface area contributed by atoms with Crippen LogP contribution in [0.15, 0.2) is 12.1 Å². The van der Waals surface area contributed by atoms with E-state index >= 15 is 0 Å². The van der Waals surface area contributed by atoms with E-state index in [-0.39, 0.29) is 11.3 Å². The summed E-state index contributed by atoms with van der Waals surface area (Å²) in [6, 6.07) is 3.58. The molecule has 4 nitrogen and oxygen atoms in total. The van der Waals surface area contributed by atoms with Gasteiger partial charge in [-0.05, 0) is 56.3 Å². The van der Waals surface area contributed by atoms with Crippen molar-refractivity contribution in [2.24, 2.45) is 23.2 Å². The van der Waals surface area contributed by atoms with Crippen molar-refractivity contribution in [1.82, 2.24) is 0 Å². The zero-order valence-electron chi connectivity index (χ0n) is 14.4. The Morgan fingerprint density at radius 2 is 1.56 bits per heavy atom. The lowest BCUT2D eigenvalue weighted by Crippen LogP contribution is -2.51. The van der Waals surface area contributed by atoms with Crippen molar-refractivity contribution in [3.63, 3.8) is 0 Å². The van der Waals surface area contributed by atoms with Crippen molar-refractivity contribution in [2.75, 3.05) is 18.5 Å². The number of halogens is 1. The molecule has 4 aliphatic carbocycles. The number of hydrogen-bond acceptors (Lipinski definition) is 3. The molecule has 0 radical (unpaired) electrons. The molecule has 1 heterocycles. The van der Waals surface area contributed by atoms with Gasteiger partial charge in [0.05, 0.1) is 29.3 Å². The number of rotatable bonds is 2. The summed E-state index contributed by atoms with van der Waals surface area (Å²) in [5.74, 6) is 3.73. The fourth-order valence-electron chi connectivity index (χ4n) is 5.92. The number of nitrogens with one attached hydrogen (secondary N) is 1. The second-order valence-corrected chi connectivity index (χ2v) is 8.89. The summed E-state index contributed by atoms with van der Waals surface area (Å²) in [4.78, 5) is 13.2. The van der Waals surface area contributed by atoms with E-state index in [1.807, 2.05) is 6.07 Å². The van der Waals surface area contributed by atoms with Gasteiger partial charge in [0, 0.05) is 18.6 Å². The summed E-state index contributed by atoms with van der Waals surface area (Å²) in [5, 5.41) is 3.65. The number of carbonyl (C=O) groups excluding carboxylic acids is 1. The van der Waals surface area contributed by atoms with Crippen molar-refractivity contribution in [2.45, 2.75) is 44.9 Å². The molecular formula is C20H24ClNO3. The first-order chi connectivity index (χ1) is 12.1. The Labute approximate surface area is 153 Å². The van der Waals surface area contributed by atoms with Gasteiger partial charge in [0.1, 0.15) is 0 Å². The Hall–Kier alpha value is -1.42. The van der Waals surface area contributed by atoms with E-state index in [0.717, 1.165) is 43.4 Å². The number of benzene rings is 1. The second kappa shape index (κ2) is 5.80. The van der Waals surface area contributed by atoms with Crippen molar-refractivity contribution >= 4 is 23.2 Å². The highest BCUT2D eigenvalue weighted by molar-refractivity contribution is 6.34. The van der Waals surface area contributed by atoms with Crippen LogP contribution in [0.2, 0.25) is 5.02 Å². The summed E-state index contributed by atoms with van der Waals surface area (Å²) in [7, 11) is 0. The number of amides is 1. The Morgan fingerprint density at radius 3 is 2.16 bits per heavy atom. The third-order valence-electron chi connectivity index (χ3n) is 6.61. The molecule has 25 heavy (non-hydrogen) atoms. The van der Waals surface area contributed by atoms with Gasteiger partial charge < -0.3 is 14.8 Å². The number of hydrogen-bond donors (Lipinski definition) is 1. The fraction of sp³-hybridized carbons (Fsp3) is 0.650. The van der Waals surface area contributed by atoms with Gasteiger partial charge in [0.15, 0.2) is 11.5 Å². The average Bonchev–Trinajstić information content (AvgIpc) is 2.79. The lowest BCUT2D eigenvalue weighted by Gasteiger charge is -2.55. The van der Waals surface area contributed by atoms with E-state index in [1.165, 1.54) is 19.3 Å². The predicted molar refractivity (Wildman–Crippen MR) is 96.3 cm³/mol. The standard InChI is InChI=1S/C20H24ClNO3/c21-15-7-17-18(25-3-1-2-24-17)8-16(15)22-19(23)20-9-12-4-13(10-20)6-14(5-12)11-20/h7-8,12-14H,1-6,9-11H2,(H,22,23). The lowest BCUT2D eigenvalue weighted by atomic mass is 9.49. The molecule has 4 fully saturated rings. The van der Waals surface area contributed by atoms with Crippen LogP contribution in [0.4, 0.5) is 5.69 Å². The van der Waals surface area contributed by atoms with Crippen LogP contribution in [0.3, 0.4) is 0 Å². The Bertz CT molecular complexity index is 682. The van der Waals surface area contributed by atoms with Crippen molar-refractivity contribution < 1.29 is 14.3 Å². The smallest absolute Gasteiger partial charge is 0.230 e. The van der Waals surface area contributed by atoms with E-state index in [2.05, 4.69) is 5.32 Å². The molecule has 0 spiro atoms. The molecule has 1 aromatic carbocycles. The van der Waals surface area contributed by atoms with Gasteiger partial charge in [-0.25, -0.2) is 0 Å². The van der Waals surface area contributed by atoms with Crippen molar-refractivity contribution in [1.29, 1.82) is 0 Å². The van der Waals surface area contributed by atoms with E-state index < -0.39 is 0 Å². The van der Waals surface area contributed by atoms with Crippen molar-refractivity contribution in [3.05, 3.63) is 17.2 Å². The van der Waals surface area contributed by atoms with Gasteiger partial charge in [-0.1, -0.05) is 11.6 Å². The summed E-state index contributed by atoms with van der Waals surface area (Å²) >= 11 is 6.42. The van der Waals surface area contributed by atoms with Crippen LogP contribution in [0.5, 0.6) is 11.5 Å². The number of fused-ring (bicyclic) bond motifs is 1. The maximum Gasteiger partial charge on any atom is 0.230 e. The molecular weight excluding hydrogens is 338 g/mol. The van der Waals surface area contributed by atoms with E-state index in [1.54, 1.807) is 6.07 Å². The van der Waals surface area contributed by atoms with Crippen LogP contribution in [-0.4, -0.2) is 19.1 Å². The molecule has 6 rings (SSSR count). The SMILES string of the molecule is O=C(Nc1cc2c(cc1Cl)OCCCO2)C12CC3CC(CC(C3)C1)C2. The van der Waals surface area contributed by atoms with Crippen LogP contribution in [-0.2, 0) is 4.79 Å². The molecule has 0 aromatic heterocycles. The van der Waals surface area contributed by atoms with Gasteiger partial charge in [-0.15, -0.1) is 0 Å². The fourth-order valence-corrected chi connectivity index (χ4v) is 6.12. The zero-order valence-corrected chi connectivity index (χ0v) is 15.1. The van der Waals surface area contributed by atoms with Gasteiger partial charge in [-0.2, -0.15) is 0 Å². The Kier molecular flexibility index (Phi) is 3.67. The third kappa shape index (κ3) is 2.69. The Morgan fingerprint density at radius 1 is 1.00 bits per heavy atom. The van der Waals surface area contributed by atoms with Gasteiger partial charge >= 0.3 is 0 Å². The molecule has 4 bridgehead atoms. The molecule has 0 atom stereocenters. The maximum absolute atomic E-state index is 13.2. The first-order valence-corrected chi connectivity index (χ1v) is 9.90. The van der Waals surface area contributed by atoms with Crippen LogP contribution < -0.4 is 14.8 Å². The molecule has 4 saturated carbocycles. The quantitative estimate of drug-likeness (QED) is 0.833. The first kappa shape index (κ1) is 15.8. The zero-order chi connectivity index (χ0) is 17.0. The highest BCUT2D eigenvalue weighted by Gasteiger charge is 2.54. The van der Waals surface area contributed by atoms with Crippen LogP contribution in [0.1, 0.15) is 44.9 Å². The highest BCUT2D eigenvalue weighted by atomic mass is 35.5. The molecule has 1 amide bonds. The molecule has 5 heteroatoms. The number of ether oxygens (including phenoxy) is 2. The number of anilines is 1. The van der Waals surface area contributed by atoms with Crippen molar-refractivity contribution in [3.8, 4) is 11.5 Å². The van der Waals surface area contributed by atoms with Crippen LogP contribution >= 0.6 is 11.6 Å². The summed E-state index contributed by atoms with van der Waals surface area (Å²) in [6.45, 7) is 1.25. The Balaban J connectivity index is 1.40.